The van der Waals surface area contributed by atoms with E-state index in [0.717, 1.165) is 37.2 Å². The summed E-state index contributed by atoms with van der Waals surface area (Å²) in [6.07, 6.45) is 6.49. The first-order chi connectivity index (χ1) is 21.0. The van der Waals surface area contributed by atoms with Crippen molar-refractivity contribution in [1.29, 1.82) is 5.26 Å². The highest BCUT2D eigenvalue weighted by Crippen LogP contribution is 2.37. The molecule has 1 amide bonds. The van der Waals surface area contributed by atoms with Crippen molar-refractivity contribution in [3.8, 4) is 17.6 Å². The number of hydrogen-bond donors (Lipinski definition) is 3. The van der Waals surface area contributed by atoms with E-state index < -0.39 is 0 Å². The van der Waals surface area contributed by atoms with E-state index in [2.05, 4.69) is 32.0 Å². The molecule has 0 aliphatic carbocycles. The molecule has 0 unspecified atom stereocenters. The molecule has 2 aromatic carbocycles. The van der Waals surface area contributed by atoms with Gasteiger partial charge in [-0.25, -0.2) is 0 Å². The Balaban J connectivity index is 1.45. The van der Waals surface area contributed by atoms with E-state index in [-0.39, 0.29) is 19.1 Å². The maximum absolute atomic E-state index is 13.0. The van der Waals surface area contributed by atoms with E-state index in [9.17, 15) is 10.1 Å². The minimum absolute atomic E-state index is 0.250. The van der Waals surface area contributed by atoms with E-state index >= 15 is 0 Å². The molecule has 1 saturated heterocycles. The fourth-order valence-electron chi connectivity index (χ4n) is 4.61. The number of nitrogens with zero attached hydrogens (tertiary/aromatic N) is 3. The molecule has 2 aromatic heterocycles. The number of ether oxygens (including phenoxy) is 3. The van der Waals surface area contributed by atoms with Gasteiger partial charge in [0.05, 0.1) is 39.8 Å². The van der Waals surface area contributed by atoms with Crippen LogP contribution >= 0.6 is 11.6 Å². The van der Waals surface area contributed by atoms with Crippen molar-refractivity contribution < 1.29 is 19.0 Å². The summed E-state index contributed by atoms with van der Waals surface area (Å²) < 4.78 is 16.9. The number of hydrogen-bond acceptors (Lipinski definition) is 9. The highest BCUT2D eigenvalue weighted by Gasteiger charge is 2.17. The molecule has 1 aliphatic heterocycles. The predicted octanol–water partition coefficient (Wildman–Crippen LogP) is 5.75. The zero-order valence-electron chi connectivity index (χ0n) is 23.7. The molecule has 3 N–H and O–H groups in total. The monoisotopic (exact) mass is 598 g/mol. The fourth-order valence-corrected chi connectivity index (χ4v) is 4.85. The standard InChI is InChI=1S/C32H31ClN6O4/c1-41-12-13-42-30-17-27-25(16-28(30)39-31(40)14-21-7-10-35-11-8-21)32(22(18-34)19-37-27)38-23-5-6-29(26(33)15-23)43-20-24-4-2-3-9-36-24/h2-6,9,14-17,19,35H,7-8,10-13,20H2,1H3,(H,37,38)(H,39,40). The second kappa shape index (κ2) is 14.5. The van der Waals surface area contributed by atoms with Crippen molar-refractivity contribution >= 4 is 45.5 Å². The number of nitrogens with one attached hydrogen (secondary N) is 3. The van der Waals surface area contributed by atoms with Crippen LogP contribution in [0.5, 0.6) is 11.5 Å². The number of amides is 1. The van der Waals surface area contributed by atoms with Crippen molar-refractivity contribution in [3.05, 3.63) is 88.9 Å². The summed E-state index contributed by atoms with van der Waals surface area (Å²) in [4.78, 5) is 21.8. The molecular formula is C32H31ClN6O4. The molecule has 0 spiro atoms. The number of pyridine rings is 2. The number of anilines is 3. The number of fused-ring (bicyclic) bond motifs is 1. The van der Waals surface area contributed by atoms with Gasteiger partial charge >= 0.3 is 0 Å². The molecule has 11 heteroatoms. The van der Waals surface area contributed by atoms with Gasteiger partial charge in [-0.15, -0.1) is 0 Å². The van der Waals surface area contributed by atoms with Crippen LogP contribution in [0.15, 0.2) is 72.6 Å². The number of rotatable bonds is 11. The van der Waals surface area contributed by atoms with Gasteiger partial charge in [0, 0.05) is 42.7 Å². The van der Waals surface area contributed by atoms with Crippen molar-refractivity contribution in [2.24, 2.45) is 0 Å². The lowest BCUT2D eigenvalue weighted by atomic mass is 10.0. The molecular weight excluding hydrogens is 568 g/mol. The van der Waals surface area contributed by atoms with Gasteiger partial charge in [0.15, 0.2) is 0 Å². The molecule has 1 fully saturated rings. The Morgan fingerprint density at radius 2 is 1.95 bits per heavy atom. The summed E-state index contributed by atoms with van der Waals surface area (Å²) in [7, 11) is 1.59. The number of carbonyl (C=O) groups excluding carboxylic acids is 1. The van der Waals surface area contributed by atoms with E-state index in [4.69, 9.17) is 25.8 Å². The highest BCUT2D eigenvalue weighted by molar-refractivity contribution is 6.32. The number of piperidine rings is 1. The largest absolute Gasteiger partial charge is 0.489 e. The van der Waals surface area contributed by atoms with Crippen LogP contribution in [0.25, 0.3) is 10.9 Å². The number of aromatic nitrogens is 2. The lowest BCUT2D eigenvalue weighted by molar-refractivity contribution is -0.112. The number of nitriles is 1. The van der Waals surface area contributed by atoms with E-state index in [1.807, 2.05) is 24.3 Å². The van der Waals surface area contributed by atoms with Crippen LogP contribution < -0.4 is 25.4 Å². The molecule has 0 atom stereocenters. The second-order valence-electron chi connectivity index (χ2n) is 9.79. The fraction of sp³-hybridized carbons (Fsp3) is 0.250. The Morgan fingerprint density at radius 1 is 1.09 bits per heavy atom. The molecule has 43 heavy (non-hydrogen) atoms. The summed E-state index contributed by atoms with van der Waals surface area (Å²) in [5, 5.41) is 20.5. The first kappa shape index (κ1) is 29.8. The molecule has 220 valence electrons. The molecule has 10 nitrogen and oxygen atoms in total. The van der Waals surface area contributed by atoms with E-state index in [1.54, 1.807) is 43.6 Å². The SMILES string of the molecule is COCCOc1cc2ncc(C#N)c(Nc3ccc(OCc4ccccn4)c(Cl)c3)c2cc1NC(=O)C=C1CCNCC1. The normalized spacial score (nSPS) is 12.8. The summed E-state index contributed by atoms with van der Waals surface area (Å²) in [6.45, 7) is 2.63. The molecule has 0 radical (unpaired) electrons. The van der Waals surface area contributed by atoms with Gasteiger partial charge < -0.3 is 30.2 Å². The minimum atomic E-state index is -0.250. The summed E-state index contributed by atoms with van der Waals surface area (Å²) >= 11 is 6.55. The van der Waals surface area contributed by atoms with Crippen LogP contribution in [-0.2, 0) is 16.1 Å². The number of carbonyl (C=O) groups is 1. The second-order valence-corrected chi connectivity index (χ2v) is 10.2. The summed E-state index contributed by atoms with van der Waals surface area (Å²) in [5.41, 5.74) is 4.37. The molecule has 5 rings (SSSR count). The van der Waals surface area contributed by atoms with Crippen LogP contribution in [0.4, 0.5) is 17.1 Å². The number of halogens is 1. The van der Waals surface area contributed by atoms with Crippen molar-refractivity contribution in [2.75, 3.05) is 44.0 Å². The number of benzene rings is 2. The lowest BCUT2D eigenvalue weighted by Crippen LogP contribution is -2.24. The van der Waals surface area contributed by atoms with E-state index in [0.29, 0.717) is 56.7 Å². The third-order valence-corrected chi connectivity index (χ3v) is 7.07. The van der Waals surface area contributed by atoms with Crippen molar-refractivity contribution in [2.45, 2.75) is 19.4 Å². The molecule has 0 saturated carbocycles. The lowest BCUT2D eigenvalue weighted by Gasteiger charge is -2.17. The Hall–Kier alpha value is -4.69. The van der Waals surface area contributed by atoms with Crippen LogP contribution in [-0.4, -0.2) is 49.3 Å². The van der Waals surface area contributed by atoms with Crippen molar-refractivity contribution in [1.82, 2.24) is 15.3 Å². The molecule has 0 bridgehead atoms. The smallest absolute Gasteiger partial charge is 0.248 e. The van der Waals surface area contributed by atoms with Gasteiger partial charge in [-0.1, -0.05) is 23.2 Å². The average molecular weight is 599 g/mol. The molecule has 3 heterocycles. The van der Waals surface area contributed by atoms with Crippen molar-refractivity contribution in [3.63, 3.8) is 0 Å². The van der Waals surface area contributed by atoms with Crippen LogP contribution in [0, 0.1) is 11.3 Å². The quantitative estimate of drug-likeness (QED) is 0.146. The van der Waals surface area contributed by atoms with Crippen LogP contribution in [0.2, 0.25) is 5.02 Å². The number of methoxy groups -OCH3 is 1. The topological polar surface area (TPSA) is 130 Å². The predicted molar refractivity (Wildman–Crippen MR) is 166 cm³/mol. The zero-order chi connectivity index (χ0) is 30.0. The Morgan fingerprint density at radius 3 is 2.70 bits per heavy atom. The Bertz CT molecular complexity index is 1660. The zero-order valence-corrected chi connectivity index (χ0v) is 24.4. The highest BCUT2D eigenvalue weighted by atomic mass is 35.5. The summed E-state index contributed by atoms with van der Waals surface area (Å²) in [5.74, 6) is 0.700. The average Bonchev–Trinajstić information content (AvgIpc) is 3.02. The third kappa shape index (κ3) is 7.78. The van der Waals surface area contributed by atoms with Gasteiger partial charge in [0.1, 0.15) is 30.8 Å². The van der Waals surface area contributed by atoms with Gasteiger partial charge in [-0.3, -0.25) is 14.8 Å². The van der Waals surface area contributed by atoms with Gasteiger partial charge in [0.25, 0.3) is 0 Å². The molecule has 1 aliphatic rings. The Kier molecular flexibility index (Phi) is 10.0. The van der Waals surface area contributed by atoms with E-state index in [1.165, 1.54) is 6.20 Å². The van der Waals surface area contributed by atoms with Gasteiger partial charge in [-0.2, -0.15) is 5.26 Å². The maximum atomic E-state index is 13.0. The Labute approximate surface area is 254 Å². The first-order valence-electron chi connectivity index (χ1n) is 13.8. The first-order valence-corrected chi connectivity index (χ1v) is 14.2. The van der Waals surface area contributed by atoms with Crippen LogP contribution in [0.3, 0.4) is 0 Å². The third-order valence-electron chi connectivity index (χ3n) is 6.78. The summed E-state index contributed by atoms with van der Waals surface area (Å²) in [6, 6.07) is 16.6. The van der Waals surface area contributed by atoms with Gasteiger partial charge in [-0.05, 0) is 62.3 Å². The van der Waals surface area contributed by atoms with Crippen LogP contribution in [0.1, 0.15) is 24.1 Å². The van der Waals surface area contributed by atoms with Gasteiger partial charge in [0.2, 0.25) is 5.91 Å². The minimum Gasteiger partial charge on any atom is -0.489 e. The molecule has 4 aromatic rings. The maximum Gasteiger partial charge on any atom is 0.248 e.